The number of hydrogen-bond donors (Lipinski definition) is 0. The molecule has 0 atom stereocenters. The van der Waals surface area contributed by atoms with E-state index in [0.29, 0.717) is 18.3 Å². The number of para-hydroxylation sites is 1. The molecule has 9 heteroatoms. The number of ether oxygens (including phenoxy) is 1. The van der Waals surface area contributed by atoms with Crippen LogP contribution in [0.15, 0.2) is 66.1 Å². The number of imidazole rings is 1. The van der Waals surface area contributed by atoms with Gasteiger partial charge in [-0.15, -0.1) is 11.8 Å². The molecule has 0 bridgehead atoms. The number of aryl methyl sites for hydroxylation is 1. The quantitative estimate of drug-likeness (QED) is 0.297. The molecule has 2 aromatic carbocycles. The minimum atomic E-state index is -0.290. The Morgan fingerprint density at radius 1 is 1.25 bits per heavy atom. The molecule has 0 N–H and O–H groups in total. The van der Waals surface area contributed by atoms with Crippen LogP contribution in [-0.2, 0) is 11.3 Å². The summed E-state index contributed by atoms with van der Waals surface area (Å²) in [5.74, 6) is 0.632. The number of hydrogen-bond acceptors (Lipinski definition) is 6. The summed E-state index contributed by atoms with van der Waals surface area (Å²) in [6.07, 6.45) is 6.17. The summed E-state index contributed by atoms with van der Waals surface area (Å²) in [5, 5.41) is 0.655. The summed E-state index contributed by atoms with van der Waals surface area (Å²) in [6.45, 7) is 3.77. The predicted octanol–water partition coefficient (Wildman–Crippen LogP) is 5.25. The standard InChI is InChI=1S/C23H23FN4O2S2/c1-2-30-19-5-3-6-20-22(19)26-23(32-20)28(13-4-12-27-14-11-25-16-27)21(29)15-31-18-9-7-17(24)8-10-18/h3,5-11,14,16H,2,4,12-13,15H2,1H3. The fraction of sp³-hybridized carbons (Fsp3) is 0.261. The van der Waals surface area contributed by atoms with Gasteiger partial charge in [-0.05, 0) is 49.7 Å². The van der Waals surface area contributed by atoms with E-state index in [1.807, 2.05) is 35.9 Å². The van der Waals surface area contributed by atoms with Crippen LogP contribution in [0.1, 0.15) is 13.3 Å². The first kappa shape index (κ1) is 22.3. The van der Waals surface area contributed by atoms with Crippen LogP contribution in [0.2, 0.25) is 0 Å². The van der Waals surface area contributed by atoms with E-state index >= 15 is 0 Å². The van der Waals surface area contributed by atoms with Crippen molar-refractivity contribution in [2.45, 2.75) is 24.8 Å². The van der Waals surface area contributed by atoms with Gasteiger partial charge in [0.15, 0.2) is 5.13 Å². The highest BCUT2D eigenvalue weighted by atomic mass is 32.2. The van der Waals surface area contributed by atoms with Gasteiger partial charge >= 0.3 is 0 Å². The van der Waals surface area contributed by atoms with Crippen LogP contribution in [0.4, 0.5) is 9.52 Å². The maximum Gasteiger partial charge on any atom is 0.239 e. The third-order valence-corrected chi connectivity index (χ3v) is 6.78. The van der Waals surface area contributed by atoms with Gasteiger partial charge in [-0.25, -0.2) is 14.4 Å². The van der Waals surface area contributed by atoms with Crippen LogP contribution in [0.5, 0.6) is 5.75 Å². The average Bonchev–Trinajstić information content (AvgIpc) is 3.47. The van der Waals surface area contributed by atoms with Crippen LogP contribution in [0, 0.1) is 5.82 Å². The highest BCUT2D eigenvalue weighted by molar-refractivity contribution is 8.00. The lowest BCUT2D eigenvalue weighted by molar-refractivity contribution is -0.116. The van der Waals surface area contributed by atoms with E-state index in [4.69, 9.17) is 9.72 Å². The second-order valence-corrected chi connectivity index (χ2v) is 9.03. The summed E-state index contributed by atoms with van der Waals surface area (Å²) in [4.78, 5) is 24.6. The Hall–Kier alpha value is -2.91. The summed E-state index contributed by atoms with van der Waals surface area (Å²) in [7, 11) is 0. The molecule has 0 aliphatic rings. The molecule has 6 nitrogen and oxygen atoms in total. The van der Waals surface area contributed by atoms with Crippen molar-refractivity contribution >= 4 is 44.4 Å². The predicted molar refractivity (Wildman–Crippen MR) is 127 cm³/mol. The lowest BCUT2D eigenvalue weighted by atomic mass is 10.3. The molecule has 0 radical (unpaired) electrons. The number of halogens is 1. The number of anilines is 1. The Morgan fingerprint density at radius 3 is 2.84 bits per heavy atom. The highest BCUT2D eigenvalue weighted by Crippen LogP contribution is 2.35. The van der Waals surface area contributed by atoms with E-state index in [1.54, 1.807) is 29.6 Å². The number of carbonyl (C=O) groups is 1. The van der Waals surface area contributed by atoms with Crippen molar-refractivity contribution in [3.05, 3.63) is 67.0 Å². The Kier molecular flexibility index (Phi) is 7.39. The van der Waals surface area contributed by atoms with Crippen LogP contribution in [0.25, 0.3) is 10.2 Å². The number of amides is 1. The van der Waals surface area contributed by atoms with E-state index in [0.717, 1.165) is 33.8 Å². The lowest BCUT2D eigenvalue weighted by Gasteiger charge is -2.20. The van der Waals surface area contributed by atoms with Crippen LogP contribution < -0.4 is 9.64 Å². The molecule has 0 saturated heterocycles. The van der Waals surface area contributed by atoms with Crippen molar-refractivity contribution in [1.29, 1.82) is 0 Å². The summed E-state index contributed by atoms with van der Waals surface area (Å²) in [5.41, 5.74) is 0.771. The maximum atomic E-state index is 13.2. The number of fused-ring (bicyclic) bond motifs is 1. The van der Waals surface area contributed by atoms with E-state index in [-0.39, 0.29) is 17.5 Å². The number of rotatable bonds is 10. The molecule has 0 aliphatic carbocycles. The summed E-state index contributed by atoms with van der Waals surface area (Å²) in [6, 6.07) is 12.0. The molecular weight excluding hydrogens is 447 g/mol. The summed E-state index contributed by atoms with van der Waals surface area (Å²) < 4.78 is 21.8. The normalized spacial score (nSPS) is 11.1. The number of thioether (sulfide) groups is 1. The van der Waals surface area contributed by atoms with Gasteiger partial charge in [-0.3, -0.25) is 9.69 Å². The molecule has 0 fully saturated rings. The first-order valence-corrected chi connectivity index (χ1v) is 12.1. The Morgan fingerprint density at radius 2 is 2.09 bits per heavy atom. The second kappa shape index (κ2) is 10.6. The Labute approximate surface area is 194 Å². The van der Waals surface area contributed by atoms with Crippen LogP contribution in [-0.4, -0.2) is 39.3 Å². The van der Waals surface area contributed by atoms with Gasteiger partial charge in [0.25, 0.3) is 0 Å². The number of carbonyl (C=O) groups excluding carboxylic acids is 1. The molecular formula is C23H23FN4O2S2. The van der Waals surface area contributed by atoms with E-state index in [2.05, 4.69) is 4.98 Å². The highest BCUT2D eigenvalue weighted by Gasteiger charge is 2.21. The van der Waals surface area contributed by atoms with Gasteiger partial charge in [0.2, 0.25) is 5.91 Å². The largest absolute Gasteiger partial charge is 0.492 e. The van der Waals surface area contributed by atoms with Crippen molar-refractivity contribution in [2.24, 2.45) is 0 Å². The molecule has 2 heterocycles. The second-order valence-electron chi connectivity index (χ2n) is 6.97. The van der Waals surface area contributed by atoms with E-state index < -0.39 is 0 Å². The zero-order valence-electron chi connectivity index (χ0n) is 17.6. The van der Waals surface area contributed by atoms with Gasteiger partial charge < -0.3 is 9.30 Å². The molecule has 4 aromatic rings. The minimum Gasteiger partial charge on any atom is -0.492 e. The zero-order valence-corrected chi connectivity index (χ0v) is 19.2. The van der Waals surface area contributed by atoms with E-state index in [9.17, 15) is 9.18 Å². The molecule has 32 heavy (non-hydrogen) atoms. The number of benzene rings is 2. The van der Waals surface area contributed by atoms with Gasteiger partial charge in [-0.2, -0.15) is 0 Å². The van der Waals surface area contributed by atoms with Gasteiger partial charge in [0.05, 0.1) is 23.4 Å². The molecule has 0 unspecified atom stereocenters. The van der Waals surface area contributed by atoms with Crippen molar-refractivity contribution in [3.8, 4) is 5.75 Å². The van der Waals surface area contributed by atoms with Gasteiger partial charge in [0.1, 0.15) is 17.1 Å². The lowest BCUT2D eigenvalue weighted by Crippen LogP contribution is -2.33. The smallest absolute Gasteiger partial charge is 0.239 e. The van der Waals surface area contributed by atoms with Crippen molar-refractivity contribution in [2.75, 3.05) is 23.8 Å². The maximum absolute atomic E-state index is 13.2. The average molecular weight is 471 g/mol. The number of aromatic nitrogens is 3. The van der Waals surface area contributed by atoms with Crippen molar-refractivity contribution in [3.63, 3.8) is 0 Å². The van der Waals surface area contributed by atoms with Crippen molar-refractivity contribution in [1.82, 2.24) is 14.5 Å². The monoisotopic (exact) mass is 470 g/mol. The minimum absolute atomic E-state index is 0.0398. The Bertz CT molecular complexity index is 1160. The topological polar surface area (TPSA) is 60.2 Å². The zero-order chi connectivity index (χ0) is 22.3. The molecule has 4 rings (SSSR count). The molecule has 166 valence electrons. The third-order valence-electron chi connectivity index (χ3n) is 4.74. The van der Waals surface area contributed by atoms with Crippen molar-refractivity contribution < 1.29 is 13.9 Å². The third kappa shape index (κ3) is 5.46. The number of nitrogens with zero attached hydrogens (tertiary/aromatic N) is 4. The molecule has 0 saturated carbocycles. The molecule has 1 amide bonds. The number of thiazole rings is 1. The first-order chi connectivity index (χ1) is 15.6. The fourth-order valence-electron chi connectivity index (χ4n) is 3.21. The van der Waals surface area contributed by atoms with Gasteiger partial charge in [-0.1, -0.05) is 17.4 Å². The van der Waals surface area contributed by atoms with Gasteiger partial charge in [0, 0.05) is 30.4 Å². The first-order valence-electron chi connectivity index (χ1n) is 10.3. The molecule has 0 aliphatic heterocycles. The summed E-state index contributed by atoms with van der Waals surface area (Å²) >= 11 is 2.87. The SMILES string of the molecule is CCOc1cccc2sc(N(CCCn3ccnc3)C(=O)CSc3ccc(F)cc3)nc12. The van der Waals surface area contributed by atoms with Crippen LogP contribution >= 0.6 is 23.1 Å². The van der Waals surface area contributed by atoms with Crippen LogP contribution in [0.3, 0.4) is 0 Å². The Balaban J connectivity index is 1.53. The fourth-order valence-corrected chi connectivity index (χ4v) is 5.01. The molecule has 2 aromatic heterocycles. The molecule has 0 spiro atoms. The van der Waals surface area contributed by atoms with E-state index in [1.165, 1.54) is 35.2 Å².